The van der Waals surface area contributed by atoms with Gasteiger partial charge >= 0.3 is 48.2 Å². The van der Waals surface area contributed by atoms with Gasteiger partial charge in [-0.15, -0.1) is 0 Å². The van der Waals surface area contributed by atoms with Crippen LogP contribution in [0.5, 0.6) is 0 Å². The van der Waals surface area contributed by atoms with E-state index >= 15 is 0 Å². The van der Waals surface area contributed by atoms with Gasteiger partial charge < -0.3 is 4.90 Å². The van der Waals surface area contributed by atoms with Crippen LogP contribution in [0.2, 0.25) is 0 Å². The lowest BCUT2D eigenvalue weighted by molar-refractivity contribution is -0.247. The van der Waals surface area contributed by atoms with Crippen LogP contribution in [0.1, 0.15) is 6.42 Å². The predicted octanol–water partition coefficient (Wildman–Crippen LogP) is 1.58. The minimum absolute atomic E-state index is 0.628. The molecule has 0 unspecified atom stereocenters. The highest BCUT2D eigenvalue weighted by atomic mass is 32.3. The Hall–Kier alpha value is -1.15. The number of hydrogen-bond donors (Lipinski definition) is 1. The first-order valence-corrected chi connectivity index (χ1v) is 12.9. The van der Waals surface area contributed by atoms with E-state index < -0.39 is 106 Å². The van der Waals surface area contributed by atoms with Gasteiger partial charge in [-0.1, -0.05) is 0 Å². The summed E-state index contributed by atoms with van der Waals surface area (Å²) in [7, 11) is -23.2. The van der Waals surface area contributed by atoms with Crippen LogP contribution in [-0.4, -0.2) is 104 Å². The maximum absolute atomic E-state index is 14.2. The van der Waals surface area contributed by atoms with Crippen LogP contribution in [-0.2, 0) is 30.1 Å². The van der Waals surface area contributed by atoms with Crippen molar-refractivity contribution in [3.8, 4) is 0 Å². The van der Waals surface area contributed by atoms with E-state index in [1.165, 1.54) is 0 Å². The summed E-state index contributed by atoms with van der Waals surface area (Å²) in [6.07, 6.45) is -6.16. The van der Waals surface area contributed by atoms with Crippen molar-refractivity contribution in [1.82, 2.24) is 13.1 Å². The maximum Gasteiger partial charge on any atom is 0.514 e. The highest BCUT2D eigenvalue weighted by Gasteiger charge is 2.84. The number of piperazine rings is 1. The molecule has 1 N–H and O–H groups in total. The number of hydrogen-bond acceptors (Lipinski definition) is 8. The molecule has 0 aliphatic carbocycles. The van der Waals surface area contributed by atoms with Crippen LogP contribution in [0, 0.1) is 0 Å². The van der Waals surface area contributed by atoms with Crippen molar-refractivity contribution in [2.75, 3.05) is 32.7 Å². The summed E-state index contributed by atoms with van der Waals surface area (Å²) in [6, 6.07) is 0. The van der Waals surface area contributed by atoms with Crippen molar-refractivity contribution in [2.45, 2.75) is 34.5 Å². The number of nitrogens with zero attached hydrogens (tertiary/aromatic N) is 3. The van der Waals surface area contributed by atoms with E-state index in [0.29, 0.717) is 0 Å². The summed E-state index contributed by atoms with van der Waals surface area (Å²) in [6.45, 7) is -5.03. The van der Waals surface area contributed by atoms with E-state index in [1.54, 1.807) is 0 Å². The molecule has 1 saturated heterocycles. The molecule has 36 heavy (non-hydrogen) atoms. The zero-order chi connectivity index (χ0) is 29.0. The molecule has 1 heterocycles. The Morgan fingerprint density at radius 3 is 1.44 bits per heavy atom. The van der Waals surface area contributed by atoms with Crippen LogP contribution in [0.4, 0.5) is 52.7 Å². The van der Waals surface area contributed by atoms with E-state index in [-0.39, 0.29) is 0 Å². The van der Waals surface area contributed by atoms with Gasteiger partial charge in [0.05, 0.1) is 6.42 Å². The largest absolute Gasteiger partial charge is 0.514 e. The summed E-state index contributed by atoms with van der Waals surface area (Å²) in [5, 5.41) is -6.24. The highest BCUT2D eigenvalue weighted by Crippen LogP contribution is 2.52. The van der Waals surface area contributed by atoms with E-state index in [9.17, 15) is 77.9 Å². The molecule has 0 radical (unpaired) electrons. The summed E-state index contributed by atoms with van der Waals surface area (Å²) < 4.78 is 222. The van der Waals surface area contributed by atoms with Crippen molar-refractivity contribution >= 4 is 30.1 Å². The maximum atomic E-state index is 14.2. The SMILES string of the molecule is O=S(=O)(N(O)S(=O)(=O)C(F)(F)C(F)(F)C(F)(F)S(=O)(=O)N1CCN(CCC(F)(F)F)CC1)C(F)(F)F. The zero-order valence-corrected chi connectivity index (χ0v) is 19.2. The second-order valence-electron chi connectivity index (χ2n) is 6.85. The van der Waals surface area contributed by atoms with E-state index in [4.69, 9.17) is 5.21 Å². The quantitative estimate of drug-likeness (QED) is 0.303. The summed E-state index contributed by atoms with van der Waals surface area (Å²) in [5.41, 5.74) is -6.93. The molecule has 0 aromatic rings. The van der Waals surface area contributed by atoms with Gasteiger partial charge in [-0.25, -0.2) is 16.8 Å². The molecule has 25 heteroatoms. The fraction of sp³-hybridized carbons (Fsp3) is 1.00. The van der Waals surface area contributed by atoms with Crippen molar-refractivity contribution in [3.05, 3.63) is 0 Å². The molecular weight excluding hydrogens is 610 g/mol. The number of sulfonamides is 3. The molecule has 1 fully saturated rings. The van der Waals surface area contributed by atoms with Crippen LogP contribution >= 0.6 is 0 Å². The first-order valence-electron chi connectivity index (χ1n) is 8.56. The molecule has 0 atom stereocenters. The molecule has 10 nitrogen and oxygen atoms in total. The fourth-order valence-corrected chi connectivity index (χ4v) is 6.33. The van der Waals surface area contributed by atoms with E-state index in [1.807, 2.05) is 0 Å². The third-order valence-electron chi connectivity index (χ3n) is 4.47. The van der Waals surface area contributed by atoms with Gasteiger partial charge in [0.2, 0.25) is 0 Å². The van der Waals surface area contributed by atoms with Gasteiger partial charge in [0.1, 0.15) is 0 Å². The Morgan fingerprint density at radius 2 is 1.08 bits per heavy atom. The fourth-order valence-electron chi connectivity index (χ4n) is 2.45. The van der Waals surface area contributed by atoms with Crippen molar-refractivity contribution in [2.24, 2.45) is 0 Å². The number of alkyl halides is 12. The lowest BCUT2D eigenvalue weighted by Crippen LogP contribution is -2.66. The number of halogens is 12. The first kappa shape index (κ1) is 32.9. The predicted molar refractivity (Wildman–Crippen MR) is 90.0 cm³/mol. The third kappa shape index (κ3) is 5.50. The normalized spacial score (nSPS) is 19.2. The van der Waals surface area contributed by atoms with Gasteiger partial charge in [-0.3, -0.25) is 5.21 Å². The highest BCUT2D eigenvalue weighted by molar-refractivity contribution is 8.04. The molecule has 0 bridgehead atoms. The summed E-state index contributed by atoms with van der Waals surface area (Å²) in [5.74, 6) is -7.72. The Bertz CT molecular complexity index is 1130. The topological polar surface area (TPSA) is 132 Å². The molecule has 216 valence electrons. The second kappa shape index (κ2) is 9.55. The standard InChI is InChI=1S/C11H13F12N3O7S3/c12-7(13,14)1-2-24-3-5-25(6-4-24)34(28,29)9(17,18)8(15,16)10(19,20)35(30,31)26(27)36(32,33)11(21,22)23/h27H,1-6H2. The second-order valence-corrected chi connectivity index (χ2v) is 12.6. The van der Waals surface area contributed by atoms with Crippen molar-refractivity contribution < 1.29 is 83.1 Å². The van der Waals surface area contributed by atoms with Gasteiger partial charge in [0.25, 0.3) is 10.0 Å². The Morgan fingerprint density at radius 1 is 0.667 bits per heavy atom. The van der Waals surface area contributed by atoms with Gasteiger partial charge in [-0.05, 0) is 0 Å². The lowest BCUT2D eigenvalue weighted by Gasteiger charge is -2.38. The Balaban J connectivity index is 3.33. The summed E-state index contributed by atoms with van der Waals surface area (Å²) in [4.78, 5) is 0.820. The molecule has 0 aromatic heterocycles. The lowest BCUT2D eigenvalue weighted by atomic mass is 10.3. The zero-order valence-electron chi connectivity index (χ0n) is 16.7. The first-order chi connectivity index (χ1) is 15.6. The van der Waals surface area contributed by atoms with Crippen molar-refractivity contribution in [1.29, 1.82) is 0 Å². The molecule has 0 amide bonds. The average Bonchev–Trinajstić information content (AvgIpc) is 2.69. The molecule has 0 spiro atoms. The molecule has 0 saturated carbocycles. The monoisotopic (exact) mass is 623 g/mol. The molecule has 1 aliphatic heterocycles. The molecule has 1 aliphatic rings. The Labute approximate surface area is 194 Å². The minimum Gasteiger partial charge on any atom is -0.300 e. The smallest absolute Gasteiger partial charge is 0.300 e. The average molecular weight is 623 g/mol. The van der Waals surface area contributed by atoms with Crippen LogP contribution in [0.3, 0.4) is 0 Å². The van der Waals surface area contributed by atoms with Gasteiger partial charge in [-0.2, -0.15) is 65.4 Å². The van der Waals surface area contributed by atoms with Gasteiger partial charge in [0.15, 0.2) is 0 Å². The van der Waals surface area contributed by atoms with Crippen LogP contribution < -0.4 is 0 Å². The Kier molecular flexibility index (Phi) is 8.72. The van der Waals surface area contributed by atoms with E-state index in [0.717, 1.165) is 4.90 Å². The third-order valence-corrected chi connectivity index (χ3v) is 9.90. The van der Waals surface area contributed by atoms with E-state index in [2.05, 4.69) is 0 Å². The number of rotatable bonds is 9. The summed E-state index contributed by atoms with van der Waals surface area (Å²) >= 11 is 0. The molecular formula is C11H13F12N3O7S3. The molecule has 0 aromatic carbocycles. The van der Waals surface area contributed by atoms with Crippen LogP contribution in [0.25, 0.3) is 0 Å². The van der Waals surface area contributed by atoms with Gasteiger partial charge in [0, 0.05) is 36.6 Å². The molecule has 1 rings (SSSR count). The van der Waals surface area contributed by atoms with Crippen LogP contribution in [0.15, 0.2) is 0 Å². The van der Waals surface area contributed by atoms with Crippen molar-refractivity contribution in [3.63, 3.8) is 0 Å². The minimum atomic E-state index is -8.32.